The lowest BCUT2D eigenvalue weighted by atomic mass is 9.44. The summed E-state index contributed by atoms with van der Waals surface area (Å²) in [6.45, 7) is 6.93. The van der Waals surface area contributed by atoms with Crippen LogP contribution in [0.15, 0.2) is 0 Å². The average molecular weight is 391 g/mol. The smallest absolute Gasteiger partial charge is 0.303 e. The number of hydrogen-bond acceptors (Lipinski definition) is 3. The molecule has 0 spiro atoms. The molecule has 4 heteroatoms. The van der Waals surface area contributed by atoms with Crippen LogP contribution in [0.25, 0.3) is 0 Å². The van der Waals surface area contributed by atoms with Crippen LogP contribution in [-0.4, -0.2) is 28.1 Å². The Balaban J connectivity index is 1.57. The lowest BCUT2D eigenvalue weighted by Gasteiger charge is -2.62. The number of Topliss-reactive ketones (excluding diaryl/α,β-unsaturated/α-hetero) is 1. The van der Waals surface area contributed by atoms with E-state index in [-0.39, 0.29) is 23.4 Å². The van der Waals surface area contributed by atoms with Gasteiger partial charge in [0, 0.05) is 19.3 Å². The number of carboxylic acids is 1. The summed E-state index contributed by atoms with van der Waals surface area (Å²) >= 11 is 0. The van der Waals surface area contributed by atoms with E-state index in [9.17, 15) is 14.7 Å². The third-order valence-corrected chi connectivity index (χ3v) is 10.2. The van der Waals surface area contributed by atoms with Crippen LogP contribution in [0.3, 0.4) is 0 Å². The van der Waals surface area contributed by atoms with Crippen LogP contribution in [0, 0.1) is 46.3 Å². The maximum absolute atomic E-state index is 12.1. The molecule has 4 aliphatic rings. The van der Waals surface area contributed by atoms with Crippen LogP contribution >= 0.6 is 0 Å². The minimum atomic E-state index is -0.714. The van der Waals surface area contributed by atoms with Gasteiger partial charge in [0.25, 0.3) is 0 Å². The fourth-order valence-corrected chi connectivity index (χ4v) is 8.52. The van der Waals surface area contributed by atoms with E-state index in [0.29, 0.717) is 47.7 Å². The van der Waals surface area contributed by atoms with Crippen LogP contribution in [0.4, 0.5) is 0 Å². The molecular formula is C24H38O4. The van der Waals surface area contributed by atoms with Gasteiger partial charge in [-0.3, -0.25) is 9.59 Å². The number of aliphatic carboxylic acids is 1. The summed E-state index contributed by atoms with van der Waals surface area (Å²) < 4.78 is 0. The van der Waals surface area contributed by atoms with Gasteiger partial charge in [-0.25, -0.2) is 0 Å². The van der Waals surface area contributed by atoms with Gasteiger partial charge in [0.05, 0.1) is 6.10 Å². The van der Waals surface area contributed by atoms with E-state index >= 15 is 0 Å². The van der Waals surface area contributed by atoms with E-state index in [4.69, 9.17) is 5.11 Å². The number of rotatable bonds is 4. The Morgan fingerprint density at radius 1 is 1.18 bits per heavy atom. The van der Waals surface area contributed by atoms with Gasteiger partial charge in [-0.05, 0) is 91.3 Å². The van der Waals surface area contributed by atoms with Gasteiger partial charge in [-0.2, -0.15) is 0 Å². The van der Waals surface area contributed by atoms with Crippen LogP contribution in [0.2, 0.25) is 0 Å². The quantitative estimate of drug-likeness (QED) is 0.730. The van der Waals surface area contributed by atoms with E-state index in [1.165, 1.54) is 19.3 Å². The van der Waals surface area contributed by atoms with Gasteiger partial charge >= 0.3 is 5.97 Å². The van der Waals surface area contributed by atoms with E-state index < -0.39 is 5.97 Å². The largest absolute Gasteiger partial charge is 0.481 e. The Morgan fingerprint density at radius 2 is 1.93 bits per heavy atom. The lowest BCUT2D eigenvalue weighted by Crippen LogP contribution is -2.58. The maximum atomic E-state index is 12.1. The van der Waals surface area contributed by atoms with E-state index in [0.717, 1.165) is 32.1 Å². The van der Waals surface area contributed by atoms with Gasteiger partial charge in [0.1, 0.15) is 5.78 Å². The molecule has 0 aromatic carbocycles. The molecule has 0 saturated heterocycles. The summed E-state index contributed by atoms with van der Waals surface area (Å²) in [5, 5.41) is 20.5. The van der Waals surface area contributed by atoms with Crippen molar-refractivity contribution in [3.63, 3.8) is 0 Å². The molecule has 0 unspecified atom stereocenters. The predicted octanol–water partition coefficient (Wildman–Crippen LogP) is 4.69. The number of aliphatic hydroxyl groups excluding tert-OH is 1. The highest BCUT2D eigenvalue weighted by atomic mass is 16.4. The molecule has 4 saturated carbocycles. The zero-order valence-electron chi connectivity index (χ0n) is 17.8. The van der Waals surface area contributed by atoms with Crippen molar-refractivity contribution in [3.05, 3.63) is 0 Å². The third kappa shape index (κ3) is 2.97. The number of aliphatic hydroxyl groups is 1. The summed E-state index contributed by atoms with van der Waals surface area (Å²) in [6, 6.07) is 0. The molecule has 0 radical (unpaired) electrons. The molecule has 28 heavy (non-hydrogen) atoms. The standard InChI is InChI=1S/C24H38O4/c1-14(4-9-22(27)28)18-7-8-19-17-6-5-15-12-16(25)10-11-23(15,2)20(17)13-21(26)24(18,19)3/h14-15,17-21,26H,4-13H2,1-3H3,(H,27,28)/t14-,15+,17-,18+,19-,20-,21-,23+,24-/m1/s1. The first-order valence-electron chi connectivity index (χ1n) is 11.6. The third-order valence-electron chi connectivity index (χ3n) is 10.2. The summed E-state index contributed by atoms with van der Waals surface area (Å²) in [4.78, 5) is 23.1. The monoisotopic (exact) mass is 390 g/mol. The Morgan fingerprint density at radius 3 is 2.64 bits per heavy atom. The Bertz CT molecular complexity index is 645. The van der Waals surface area contributed by atoms with Crippen molar-refractivity contribution >= 4 is 11.8 Å². The highest BCUT2D eigenvalue weighted by Crippen LogP contribution is 2.68. The molecule has 4 fully saturated rings. The highest BCUT2D eigenvalue weighted by molar-refractivity contribution is 5.79. The first kappa shape index (κ1) is 20.4. The summed E-state index contributed by atoms with van der Waals surface area (Å²) in [6.07, 6.45) is 8.69. The topological polar surface area (TPSA) is 74.6 Å². The molecule has 9 atom stereocenters. The van der Waals surface area contributed by atoms with Crippen molar-refractivity contribution in [2.75, 3.05) is 0 Å². The van der Waals surface area contributed by atoms with Gasteiger partial charge in [-0.15, -0.1) is 0 Å². The Labute approximate surface area is 169 Å². The molecular weight excluding hydrogens is 352 g/mol. The Kier molecular flexibility index (Phi) is 5.17. The number of fused-ring (bicyclic) bond motifs is 5. The second-order valence-electron chi connectivity index (χ2n) is 11.1. The lowest BCUT2D eigenvalue weighted by molar-refractivity contribution is -0.171. The summed E-state index contributed by atoms with van der Waals surface area (Å²) in [7, 11) is 0. The minimum absolute atomic E-state index is 0.0766. The van der Waals surface area contributed by atoms with Crippen molar-refractivity contribution in [1.82, 2.24) is 0 Å². The number of carboxylic acid groups (broad SMARTS) is 1. The maximum Gasteiger partial charge on any atom is 0.303 e. The molecule has 0 heterocycles. The number of ketones is 1. The van der Waals surface area contributed by atoms with E-state index in [2.05, 4.69) is 20.8 Å². The highest BCUT2D eigenvalue weighted by Gasteiger charge is 2.63. The predicted molar refractivity (Wildman–Crippen MR) is 108 cm³/mol. The van der Waals surface area contributed by atoms with E-state index in [1.54, 1.807) is 0 Å². The first-order chi connectivity index (χ1) is 13.2. The van der Waals surface area contributed by atoms with Crippen LogP contribution < -0.4 is 0 Å². The summed E-state index contributed by atoms with van der Waals surface area (Å²) in [5.74, 6) is 2.76. The average Bonchev–Trinajstić information content (AvgIpc) is 3.00. The number of carbonyl (C=O) groups is 2. The molecule has 4 nitrogen and oxygen atoms in total. The van der Waals surface area contributed by atoms with Gasteiger partial charge in [0.2, 0.25) is 0 Å². The van der Waals surface area contributed by atoms with Crippen molar-refractivity contribution in [2.24, 2.45) is 46.3 Å². The molecule has 0 aliphatic heterocycles. The van der Waals surface area contributed by atoms with Crippen LogP contribution in [-0.2, 0) is 9.59 Å². The molecule has 0 aromatic heterocycles. The fourth-order valence-electron chi connectivity index (χ4n) is 8.52. The van der Waals surface area contributed by atoms with Crippen molar-refractivity contribution in [3.8, 4) is 0 Å². The number of hydrogen-bond donors (Lipinski definition) is 2. The van der Waals surface area contributed by atoms with Gasteiger partial charge in [0.15, 0.2) is 0 Å². The fraction of sp³-hybridized carbons (Fsp3) is 0.917. The van der Waals surface area contributed by atoms with Crippen molar-refractivity contribution in [1.29, 1.82) is 0 Å². The zero-order chi connectivity index (χ0) is 20.3. The Hall–Kier alpha value is -0.900. The van der Waals surface area contributed by atoms with Crippen LogP contribution in [0.5, 0.6) is 0 Å². The normalized spacial score (nSPS) is 49.1. The molecule has 2 N–H and O–H groups in total. The molecule has 0 aromatic rings. The minimum Gasteiger partial charge on any atom is -0.481 e. The molecule has 0 bridgehead atoms. The second-order valence-corrected chi connectivity index (χ2v) is 11.1. The van der Waals surface area contributed by atoms with Crippen molar-refractivity contribution < 1.29 is 19.8 Å². The van der Waals surface area contributed by atoms with Gasteiger partial charge < -0.3 is 10.2 Å². The molecule has 158 valence electrons. The summed E-state index contributed by atoms with van der Waals surface area (Å²) in [5.41, 5.74) is 0.138. The second kappa shape index (κ2) is 7.11. The van der Waals surface area contributed by atoms with Gasteiger partial charge in [-0.1, -0.05) is 20.8 Å². The molecule has 0 amide bonds. The first-order valence-corrected chi connectivity index (χ1v) is 11.6. The zero-order valence-corrected chi connectivity index (χ0v) is 17.8. The van der Waals surface area contributed by atoms with E-state index in [1.807, 2.05) is 0 Å². The molecule has 4 rings (SSSR count). The van der Waals surface area contributed by atoms with Crippen molar-refractivity contribution in [2.45, 2.75) is 91.1 Å². The SMILES string of the molecule is C[C@H](CCC(=O)O)[C@@H]1CC[C@@H]2[C@H]3CC[C@H]4CC(=O)CC[C@]4(C)[C@@H]3C[C@@H](O)[C@@]21C. The molecule has 4 aliphatic carbocycles. The van der Waals surface area contributed by atoms with Crippen LogP contribution in [0.1, 0.15) is 85.0 Å². The number of carbonyl (C=O) groups excluding carboxylic acids is 1.